The van der Waals surface area contributed by atoms with Gasteiger partial charge in [0.25, 0.3) is 0 Å². The molecular formula is C15H20FN5O2. The fourth-order valence-corrected chi connectivity index (χ4v) is 2.99. The maximum atomic E-state index is 12.8. The number of nitrogens with one attached hydrogen (secondary N) is 5. The molecule has 0 saturated carbocycles. The highest BCUT2D eigenvalue weighted by molar-refractivity contribution is 5.95. The van der Waals surface area contributed by atoms with Crippen LogP contribution in [-0.2, 0) is 9.59 Å². The Morgan fingerprint density at radius 2 is 2.00 bits per heavy atom. The first-order chi connectivity index (χ1) is 11.1. The van der Waals surface area contributed by atoms with Crippen molar-refractivity contribution in [2.75, 3.05) is 25.0 Å². The van der Waals surface area contributed by atoms with Gasteiger partial charge in [0.1, 0.15) is 11.9 Å². The van der Waals surface area contributed by atoms with Gasteiger partial charge in [0, 0.05) is 24.2 Å². The van der Waals surface area contributed by atoms with Crippen molar-refractivity contribution in [1.82, 2.24) is 21.5 Å². The van der Waals surface area contributed by atoms with Gasteiger partial charge in [0.05, 0.1) is 6.54 Å². The number of carbonyl (C=O) groups is 2. The van der Waals surface area contributed by atoms with Crippen LogP contribution in [0.5, 0.6) is 0 Å². The van der Waals surface area contributed by atoms with Crippen molar-refractivity contribution in [3.63, 3.8) is 0 Å². The minimum Gasteiger partial charge on any atom is -0.346 e. The molecule has 0 bridgehead atoms. The van der Waals surface area contributed by atoms with Crippen LogP contribution >= 0.6 is 0 Å². The Bertz CT molecular complexity index is 580. The van der Waals surface area contributed by atoms with Crippen LogP contribution in [0.1, 0.15) is 6.42 Å². The molecule has 3 atom stereocenters. The number of carbonyl (C=O) groups excluding carboxylic acids is 2. The second-order valence-electron chi connectivity index (χ2n) is 5.80. The van der Waals surface area contributed by atoms with E-state index in [1.165, 1.54) is 24.3 Å². The first kappa shape index (κ1) is 15.9. The van der Waals surface area contributed by atoms with Gasteiger partial charge in [-0.15, -0.1) is 0 Å². The van der Waals surface area contributed by atoms with Crippen LogP contribution in [0.3, 0.4) is 0 Å². The number of anilines is 1. The molecule has 1 aromatic carbocycles. The Morgan fingerprint density at radius 1 is 1.22 bits per heavy atom. The minimum atomic E-state index is -0.369. The number of amides is 2. The van der Waals surface area contributed by atoms with E-state index < -0.39 is 0 Å². The number of rotatable bonds is 4. The van der Waals surface area contributed by atoms with Crippen LogP contribution in [0.4, 0.5) is 10.1 Å². The molecule has 124 valence electrons. The van der Waals surface area contributed by atoms with E-state index in [9.17, 15) is 14.0 Å². The van der Waals surface area contributed by atoms with Crippen molar-refractivity contribution in [2.24, 2.45) is 5.92 Å². The van der Waals surface area contributed by atoms with Crippen molar-refractivity contribution in [2.45, 2.75) is 18.5 Å². The zero-order chi connectivity index (χ0) is 16.2. The Morgan fingerprint density at radius 3 is 2.78 bits per heavy atom. The van der Waals surface area contributed by atoms with Gasteiger partial charge in [-0.05, 0) is 37.2 Å². The monoisotopic (exact) mass is 321 g/mol. The van der Waals surface area contributed by atoms with E-state index in [1.54, 1.807) is 0 Å². The Balaban J connectivity index is 1.47. The summed E-state index contributed by atoms with van der Waals surface area (Å²) < 4.78 is 12.8. The molecule has 2 aliphatic rings. The lowest BCUT2D eigenvalue weighted by Gasteiger charge is -2.27. The fraction of sp³-hybridized carbons (Fsp3) is 0.467. The van der Waals surface area contributed by atoms with Gasteiger partial charge in [-0.1, -0.05) is 0 Å². The van der Waals surface area contributed by atoms with E-state index in [-0.39, 0.29) is 42.2 Å². The van der Waals surface area contributed by atoms with Crippen LogP contribution in [0, 0.1) is 11.7 Å². The normalized spacial score (nSPS) is 26.4. The molecule has 0 aromatic heterocycles. The van der Waals surface area contributed by atoms with E-state index in [0.717, 1.165) is 19.5 Å². The molecule has 2 heterocycles. The van der Waals surface area contributed by atoms with Gasteiger partial charge in [-0.2, -0.15) is 0 Å². The molecule has 0 aliphatic carbocycles. The summed E-state index contributed by atoms with van der Waals surface area (Å²) in [6.45, 7) is 1.58. The maximum absolute atomic E-state index is 12.8. The largest absolute Gasteiger partial charge is 0.346 e. The summed E-state index contributed by atoms with van der Waals surface area (Å²) in [7, 11) is 0. The predicted molar refractivity (Wildman–Crippen MR) is 82.9 cm³/mol. The Kier molecular flexibility index (Phi) is 4.85. The number of benzene rings is 1. The average Bonchev–Trinajstić information content (AvgIpc) is 2.99. The number of fused-ring (bicyclic) bond motifs is 1. The summed E-state index contributed by atoms with van der Waals surface area (Å²) in [6.07, 6.45) is 0.965. The van der Waals surface area contributed by atoms with Crippen LogP contribution in [0.15, 0.2) is 24.3 Å². The van der Waals surface area contributed by atoms with Gasteiger partial charge in [-0.3, -0.25) is 15.0 Å². The third kappa shape index (κ3) is 3.84. The summed E-state index contributed by atoms with van der Waals surface area (Å²) in [5, 5.41) is 8.51. The van der Waals surface area contributed by atoms with E-state index >= 15 is 0 Å². The number of hydrazine groups is 1. The molecule has 2 fully saturated rings. The molecule has 5 N–H and O–H groups in total. The third-order valence-corrected chi connectivity index (χ3v) is 4.21. The van der Waals surface area contributed by atoms with Crippen LogP contribution < -0.4 is 26.8 Å². The Hall–Kier alpha value is -2.03. The zero-order valence-electron chi connectivity index (χ0n) is 12.6. The van der Waals surface area contributed by atoms with Gasteiger partial charge in [0.15, 0.2) is 0 Å². The lowest BCUT2D eigenvalue weighted by Crippen LogP contribution is -2.50. The van der Waals surface area contributed by atoms with Gasteiger partial charge in [-0.25, -0.2) is 9.82 Å². The molecular weight excluding hydrogens is 301 g/mol. The van der Waals surface area contributed by atoms with Crippen molar-refractivity contribution >= 4 is 17.5 Å². The molecule has 23 heavy (non-hydrogen) atoms. The minimum absolute atomic E-state index is 0.126. The molecule has 2 aliphatic heterocycles. The molecule has 8 heteroatoms. The first-order valence-electron chi connectivity index (χ1n) is 7.68. The summed E-state index contributed by atoms with van der Waals surface area (Å²) in [6, 6.07) is 5.38. The summed E-state index contributed by atoms with van der Waals surface area (Å²) in [5.41, 5.74) is 6.63. The Labute approximate surface area is 133 Å². The topological polar surface area (TPSA) is 94.3 Å². The first-order valence-corrected chi connectivity index (χ1v) is 7.68. The average molecular weight is 321 g/mol. The van der Waals surface area contributed by atoms with Crippen molar-refractivity contribution in [1.29, 1.82) is 0 Å². The molecule has 3 unspecified atom stereocenters. The van der Waals surface area contributed by atoms with Gasteiger partial charge in [0.2, 0.25) is 11.8 Å². The summed E-state index contributed by atoms with van der Waals surface area (Å²) in [4.78, 5) is 24.1. The zero-order valence-corrected chi connectivity index (χ0v) is 12.6. The molecule has 3 rings (SSSR count). The van der Waals surface area contributed by atoms with Crippen LogP contribution in [-0.4, -0.2) is 43.5 Å². The molecule has 1 aromatic rings. The highest BCUT2D eigenvalue weighted by Gasteiger charge is 2.41. The third-order valence-electron chi connectivity index (χ3n) is 4.21. The smallest absolute Gasteiger partial charge is 0.243 e. The van der Waals surface area contributed by atoms with Gasteiger partial charge >= 0.3 is 0 Å². The van der Waals surface area contributed by atoms with Crippen molar-refractivity contribution in [3.05, 3.63) is 30.1 Å². The molecule has 0 spiro atoms. The van der Waals surface area contributed by atoms with E-state index in [1.807, 2.05) is 0 Å². The fourth-order valence-electron chi connectivity index (χ4n) is 2.99. The molecule has 2 saturated heterocycles. The number of hydrogen-bond donors (Lipinski definition) is 5. The van der Waals surface area contributed by atoms with Gasteiger partial charge < -0.3 is 16.0 Å². The van der Waals surface area contributed by atoms with Crippen molar-refractivity contribution < 1.29 is 14.0 Å². The second-order valence-corrected chi connectivity index (χ2v) is 5.80. The summed E-state index contributed by atoms with van der Waals surface area (Å²) in [5.74, 6) is -0.757. The second kappa shape index (κ2) is 7.03. The van der Waals surface area contributed by atoms with Crippen LogP contribution in [0.2, 0.25) is 0 Å². The maximum Gasteiger partial charge on any atom is 0.243 e. The highest BCUT2D eigenvalue weighted by Crippen LogP contribution is 2.19. The number of hydrogen-bond acceptors (Lipinski definition) is 5. The van der Waals surface area contributed by atoms with Crippen LogP contribution in [0.25, 0.3) is 0 Å². The lowest BCUT2D eigenvalue weighted by molar-refractivity contribution is -0.126. The van der Waals surface area contributed by atoms with E-state index in [4.69, 9.17) is 0 Å². The number of halogens is 1. The molecule has 7 nitrogen and oxygen atoms in total. The quantitative estimate of drug-likeness (QED) is 0.507. The number of piperidine rings is 1. The highest BCUT2D eigenvalue weighted by atomic mass is 19.1. The predicted octanol–water partition coefficient (Wildman–Crippen LogP) is -0.665. The summed E-state index contributed by atoms with van der Waals surface area (Å²) >= 11 is 0. The molecule has 0 radical (unpaired) electrons. The molecule has 2 amide bonds. The SMILES string of the molecule is O=C(CNC(=O)C1NNC2CCNCC21)Nc1ccc(F)cc1. The van der Waals surface area contributed by atoms with E-state index in [2.05, 4.69) is 26.8 Å². The standard InChI is InChI=1S/C15H20FN5O2/c16-9-1-3-10(4-2-9)19-13(22)8-18-15(23)14-11-7-17-6-5-12(11)20-21-14/h1-4,11-12,14,17,20-21H,5-8H2,(H,18,23)(H,19,22). The van der Waals surface area contributed by atoms with Crippen molar-refractivity contribution in [3.8, 4) is 0 Å². The van der Waals surface area contributed by atoms with E-state index in [0.29, 0.717) is 5.69 Å². The lowest BCUT2D eigenvalue weighted by atomic mass is 9.89.